The van der Waals surface area contributed by atoms with Gasteiger partial charge < -0.3 is 5.73 Å². The molecule has 3 heteroatoms. The molecule has 1 aliphatic carbocycles. The zero-order chi connectivity index (χ0) is 7.07. The second-order valence-electron chi connectivity index (χ2n) is 4.29. The second-order valence-corrected chi connectivity index (χ2v) is 9.84. The van der Waals surface area contributed by atoms with Crippen LogP contribution in [0.4, 0.5) is 0 Å². The number of hydrogen-bond acceptors (Lipinski definition) is 1. The lowest BCUT2D eigenvalue weighted by molar-refractivity contribution is 0.406. The maximum atomic E-state index is 5.69. The summed E-state index contributed by atoms with van der Waals surface area (Å²) in [6.07, 6.45) is 2.60. The first kappa shape index (κ1) is 10.5. The predicted octanol–water partition coefficient (Wildman–Crippen LogP) is 2.24. The summed E-state index contributed by atoms with van der Waals surface area (Å²) in [7, 11) is -0.796. The number of rotatable bonds is 1. The Morgan fingerprint density at radius 2 is 1.60 bits per heavy atom. The number of hydrogen-bond donors (Lipinski definition) is 1. The predicted molar refractivity (Wildman–Crippen MR) is 51.6 cm³/mol. The van der Waals surface area contributed by atoms with Crippen molar-refractivity contribution in [3.63, 3.8) is 0 Å². The molecule has 1 saturated carbocycles. The van der Waals surface area contributed by atoms with Crippen LogP contribution >= 0.6 is 12.4 Å². The van der Waals surface area contributed by atoms with Gasteiger partial charge in [-0.3, -0.25) is 0 Å². The van der Waals surface area contributed by atoms with E-state index in [0.29, 0.717) is 6.04 Å². The summed E-state index contributed by atoms with van der Waals surface area (Å²) in [5.41, 5.74) is 6.71. The van der Waals surface area contributed by atoms with Crippen LogP contribution in [0.1, 0.15) is 12.8 Å². The van der Waals surface area contributed by atoms with Gasteiger partial charge in [-0.15, -0.1) is 12.4 Å². The van der Waals surface area contributed by atoms with E-state index in [1.807, 2.05) is 0 Å². The van der Waals surface area contributed by atoms with Crippen LogP contribution in [0.3, 0.4) is 0 Å². The molecule has 1 rings (SSSR count). The largest absolute Gasteiger partial charge is 0.328 e. The van der Waals surface area contributed by atoms with Crippen molar-refractivity contribution in [2.24, 2.45) is 5.73 Å². The van der Waals surface area contributed by atoms with Crippen LogP contribution in [0.5, 0.6) is 0 Å². The Labute approximate surface area is 70.8 Å². The van der Waals surface area contributed by atoms with Gasteiger partial charge in [-0.2, -0.15) is 0 Å². The molecule has 0 heterocycles. The Balaban J connectivity index is 0.000000810. The van der Waals surface area contributed by atoms with Crippen LogP contribution in [-0.4, -0.2) is 14.1 Å². The lowest BCUT2D eigenvalue weighted by Gasteiger charge is -2.40. The smallest absolute Gasteiger partial charge is 0.0474 e. The summed E-state index contributed by atoms with van der Waals surface area (Å²) in [5, 5.41) is 0. The SMILES string of the molecule is C[Si](C)(C)C1CC(N)C1.Cl. The quantitative estimate of drug-likeness (QED) is 0.614. The molecular formula is C7H18ClNSi. The van der Waals surface area contributed by atoms with Crippen molar-refractivity contribution in [3.8, 4) is 0 Å². The molecular weight excluding hydrogens is 162 g/mol. The minimum Gasteiger partial charge on any atom is -0.328 e. The third-order valence-electron chi connectivity index (χ3n) is 2.40. The molecule has 0 aliphatic heterocycles. The average Bonchev–Trinajstić information content (AvgIpc) is 1.55. The zero-order valence-corrected chi connectivity index (χ0v) is 8.87. The molecule has 0 radical (unpaired) electrons. The third kappa shape index (κ3) is 2.26. The Morgan fingerprint density at radius 1 is 1.20 bits per heavy atom. The van der Waals surface area contributed by atoms with Crippen molar-refractivity contribution < 1.29 is 0 Å². The van der Waals surface area contributed by atoms with Gasteiger partial charge in [0.05, 0.1) is 0 Å². The molecule has 0 amide bonds. The van der Waals surface area contributed by atoms with Crippen molar-refractivity contribution in [3.05, 3.63) is 0 Å². The highest BCUT2D eigenvalue weighted by Gasteiger charge is 2.36. The first-order valence-corrected chi connectivity index (χ1v) is 7.33. The molecule has 0 atom stereocenters. The lowest BCUT2D eigenvalue weighted by Crippen LogP contribution is -2.44. The highest BCUT2D eigenvalue weighted by atomic mass is 35.5. The Bertz CT molecular complexity index is 105. The first-order valence-electron chi connectivity index (χ1n) is 3.76. The first-order chi connectivity index (χ1) is 4.00. The van der Waals surface area contributed by atoms with Gasteiger partial charge >= 0.3 is 0 Å². The molecule has 0 aromatic rings. The minimum atomic E-state index is -0.796. The molecule has 0 bridgehead atoms. The fourth-order valence-electron chi connectivity index (χ4n) is 1.37. The summed E-state index contributed by atoms with van der Waals surface area (Å²) in [6, 6.07) is 0.543. The van der Waals surface area contributed by atoms with E-state index in [4.69, 9.17) is 5.73 Å². The van der Waals surface area contributed by atoms with Gasteiger partial charge in [0.25, 0.3) is 0 Å². The lowest BCUT2D eigenvalue weighted by atomic mass is 9.93. The molecule has 2 N–H and O–H groups in total. The second kappa shape index (κ2) is 3.24. The third-order valence-corrected chi connectivity index (χ3v) is 5.32. The molecule has 1 aliphatic rings. The van der Waals surface area contributed by atoms with E-state index in [1.54, 1.807) is 0 Å². The summed E-state index contributed by atoms with van der Waals surface area (Å²) in [4.78, 5) is 0. The van der Waals surface area contributed by atoms with Gasteiger partial charge in [0.15, 0.2) is 0 Å². The van der Waals surface area contributed by atoms with Crippen LogP contribution < -0.4 is 5.73 Å². The fourth-order valence-corrected chi connectivity index (χ4v) is 3.39. The highest BCUT2D eigenvalue weighted by molar-refractivity contribution is 6.77. The van der Waals surface area contributed by atoms with Gasteiger partial charge in [-0.05, 0) is 18.4 Å². The number of nitrogens with two attached hydrogens (primary N) is 1. The summed E-state index contributed by atoms with van der Waals surface area (Å²) in [6.45, 7) is 7.30. The minimum absolute atomic E-state index is 0. The highest BCUT2D eigenvalue weighted by Crippen LogP contribution is 2.39. The summed E-state index contributed by atoms with van der Waals surface area (Å²) in [5.74, 6) is 0. The van der Waals surface area contributed by atoms with E-state index in [2.05, 4.69) is 19.6 Å². The summed E-state index contributed by atoms with van der Waals surface area (Å²) >= 11 is 0. The molecule has 0 spiro atoms. The van der Waals surface area contributed by atoms with Crippen LogP contribution in [0, 0.1) is 0 Å². The molecule has 0 unspecified atom stereocenters. The van der Waals surface area contributed by atoms with E-state index in [0.717, 1.165) is 5.54 Å². The molecule has 0 aromatic heterocycles. The van der Waals surface area contributed by atoms with Gasteiger partial charge in [0, 0.05) is 14.1 Å². The van der Waals surface area contributed by atoms with Crippen LogP contribution in [0.2, 0.25) is 25.2 Å². The van der Waals surface area contributed by atoms with Crippen LogP contribution in [-0.2, 0) is 0 Å². The van der Waals surface area contributed by atoms with Crippen LogP contribution in [0.15, 0.2) is 0 Å². The molecule has 62 valence electrons. The van der Waals surface area contributed by atoms with Crippen LogP contribution in [0.25, 0.3) is 0 Å². The maximum absolute atomic E-state index is 5.69. The van der Waals surface area contributed by atoms with E-state index >= 15 is 0 Å². The fraction of sp³-hybridized carbons (Fsp3) is 1.00. The molecule has 1 nitrogen and oxygen atoms in total. The maximum Gasteiger partial charge on any atom is 0.0474 e. The van der Waals surface area contributed by atoms with Gasteiger partial charge in [0.1, 0.15) is 0 Å². The zero-order valence-electron chi connectivity index (χ0n) is 7.05. The Morgan fingerprint density at radius 3 is 1.70 bits per heavy atom. The topological polar surface area (TPSA) is 26.0 Å². The van der Waals surface area contributed by atoms with E-state index < -0.39 is 8.07 Å². The van der Waals surface area contributed by atoms with E-state index in [-0.39, 0.29) is 12.4 Å². The monoisotopic (exact) mass is 179 g/mol. The van der Waals surface area contributed by atoms with Gasteiger partial charge in [-0.25, -0.2) is 0 Å². The van der Waals surface area contributed by atoms with Crippen molar-refractivity contribution in [2.45, 2.75) is 44.1 Å². The van der Waals surface area contributed by atoms with Crippen molar-refractivity contribution in [1.29, 1.82) is 0 Å². The standard InChI is InChI=1S/C7H17NSi.ClH/c1-9(2,3)7-4-6(8)5-7;/h6-7H,4-5,8H2,1-3H3;1H. The molecule has 0 saturated heterocycles. The normalized spacial score (nSPS) is 32.4. The Hall–Kier alpha value is 0.467. The van der Waals surface area contributed by atoms with Crippen molar-refractivity contribution in [2.75, 3.05) is 0 Å². The molecule has 10 heavy (non-hydrogen) atoms. The van der Waals surface area contributed by atoms with Crippen molar-refractivity contribution in [1.82, 2.24) is 0 Å². The average molecular weight is 180 g/mol. The summed E-state index contributed by atoms with van der Waals surface area (Å²) < 4.78 is 0. The van der Waals surface area contributed by atoms with Gasteiger partial charge in [0.2, 0.25) is 0 Å². The Kier molecular flexibility index (Phi) is 3.39. The molecule has 0 aromatic carbocycles. The van der Waals surface area contributed by atoms with Crippen molar-refractivity contribution >= 4 is 20.5 Å². The molecule has 1 fully saturated rings. The van der Waals surface area contributed by atoms with Gasteiger partial charge in [-0.1, -0.05) is 19.6 Å². The number of halogens is 1. The van der Waals surface area contributed by atoms with E-state index in [9.17, 15) is 0 Å². The van der Waals surface area contributed by atoms with E-state index in [1.165, 1.54) is 12.8 Å².